The molecule has 3 aliphatic heterocycles. The zero-order valence-electron chi connectivity index (χ0n) is 12.3. The predicted molar refractivity (Wildman–Crippen MR) is 82.0 cm³/mol. The first-order chi connectivity index (χ1) is 10.3. The van der Waals surface area contributed by atoms with E-state index in [0.717, 1.165) is 25.7 Å². The number of thiophene rings is 1. The smallest absolute Gasteiger partial charge is 0.241 e. The molecule has 3 aliphatic rings. The molecule has 0 spiro atoms. The topological polar surface area (TPSA) is 41.6 Å². The van der Waals surface area contributed by atoms with Crippen molar-refractivity contribution < 1.29 is 9.53 Å². The summed E-state index contributed by atoms with van der Waals surface area (Å²) in [5, 5.41) is 5.65. The van der Waals surface area contributed by atoms with Gasteiger partial charge in [0.15, 0.2) is 0 Å². The minimum absolute atomic E-state index is 0.0266. The molecule has 1 N–H and O–H groups in total. The molecule has 5 unspecified atom stereocenters. The number of hydrogen-bond donors (Lipinski definition) is 1. The predicted octanol–water partition coefficient (Wildman–Crippen LogP) is 2.67. The molecule has 3 saturated heterocycles. The van der Waals surface area contributed by atoms with Gasteiger partial charge in [-0.2, -0.15) is 0 Å². The van der Waals surface area contributed by atoms with Gasteiger partial charge in [-0.15, -0.1) is 11.3 Å². The van der Waals surface area contributed by atoms with Gasteiger partial charge in [-0.1, -0.05) is 19.4 Å². The number of nitrogens with one attached hydrogen (secondary N) is 1. The Kier molecular flexibility index (Phi) is 3.52. The second-order valence-electron chi connectivity index (χ2n) is 6.35. The summed E-state index contributed by atoms with van der Waals surface area (Å²) >= 11 is 1.73. The summed E-state index contributed by atoms with van der Waals surface area (Å²) in [5.41, 5.74) is 0. The summed E-state index contributed by atoms with van der Waals surface area (Å²) in [7, 11) is 0. The Morgan fingerprint density at radius 2 is 2.38 bits per heavy atom. The average Bonchev–Trinajstić information content (AvgIpc) is 3.22. The first-order valence-corrected chi connectivity index (χ1v) is 8.93. The second kappa shape index (κ2) is 5.38. The average molecular weight is 306 g/mol. The van der Waals surface area contributed by atoms with Gasteiger partial charge in [0.2, 0.25) is 5.91 Å². The quantitative estimate of drug-likeness (QED) is 0.930. The minimum Gasteiger partial charge on any atom is -0.373 e. The standard InChI is InChI=1S/C16H22N2O2S/c1-2-4-11-16(19)18(12-9-10-6-7-13(12)20-10)15(17-11)14-5-3-8-21-14/h3,5,8,10-13,15,17H,2,4,6-7,9H2,1H3. The number of carbonyl (C=O) groups is 1. The highest BCUT2D eigenvalue weighted by atomic mass is 32.1. The van der Waals surface area contributed by atoms with Gasteiger partial charge in [-0.05, 0) is 37.1 Å². The maximum Gasteiger partial charge on any atom is 0.241 e. The fraction of sp³-hybridized carbons (Fsp3) is 0.688. The molecule has 1 aromatic heterocycles. The molecule has 4 heterocycles. The Balaban J connectivity index is 1.62. The van der Waals surface area contributed by atoms with E-state index in [1.54, 1.807) is 11.3 Å². The summed E-state index contributed by atoms with van der Waals surface area (Å²) in [6, 6.07) is 4.43. The first kappa shape index (κ1) is 13.7. The molecule has 0 radical (unpaired) electrons. The SMILES string of the molecule is CCCC1NC(c2cccs2)N(C2CC3CCC2O3)C1=O. The Labute approximate surface area is 129 Å². The number of carbonyl (C=O) groups excluding carboxylic acids is 1. The number of hydrogen-bond acceptors (Lipinski definition) is 4. The van der Waals surface area contributed by atoms with Crippen molar-refractivity contribution in [3.8, 4) is 0 Å². The Bertz CT molecular complexity index is 518. The van der Waals surface area contributed by atoms with Crippen molar-refractivity contribution in [2.45, 2.75) is 69.5 Å². The molecule has 0 saturated carbocycles. The largest absolute Gasteiger partial charge is 0.373 e. The maximum absolute atomic E-state index is 12.9. The van der Waals surface area contributed by atoms with Gasteiger partial charge >= 0.3 is 0 Å². The fourth-order valence-electron chi connectivity index (χ4n) is 4.07. The van der Waals surface area contributed by atoms with Crippen molar-refractivity contribution in [1.29, 1.82) is 0 Å². The number of fused-ring (bicyclic) bond motifs is 2. The molecule has 2 bridgehead atoms. The van der Waals surface area contributed by atoms with E-state index in [4.69, 9.17) is 4.74 Å². The van der Waals surface area contributed by atoms with E-state index in [1.807, 2.05) is 0 Å². The van der Waals surface area contributed by atoms with E-state index in [-0.39, 0.29) is 30.3 Å². The zero-order chi connectivity index (χ0) is 14.4. The highest BCUT2D eigenvalue weighted by Gasteiger charge is 2.51. The van der Waals surface area contributed by atoms with Gasteiger partial charge in [0.1, 0.15) is 6.17 Å². The van der Waals surface area contributed by atoms with Crippen LogP contribution >= 0.6 is 11.3 Å². The van der Waals surface area contributed by atoms with Crippen LogP contribution in [0.2, 0.25) is 0 Å². The van der Waals surface area contributed by atoms with Gasteiger partial charge in [0.05, 0.1) is 24.3 Å². The molecule has 114 valence electrons. The van der Waals surface area contributed by atoms with Crippen molar-refractivity contribution in [2.75, 3.05) is 0 Å². The third-order valence-electron chi connectivity index (χ3n) is 5.01. The van der Waals surface area contributed by atoms with Crippen molar-refractivity contribution in [3.05, 3.63) is 22.4 Å². The number of amides is 1. The molecule has 0 aliphatic carbocycles. The van der Waals surface area contributed by atoms with E-state index >= 15 is 0 Å². The number of ether oxygens (including phenoxy) is 1. The Morgan fingerprint density at radius 3 is 3.00 bits per heavy atom. The fourth-order valence-corrected chi connectivity index (χ4v) is 4.85. The molecule has 21 heavy (non-hydrogen) atoms. The third kappa shape index (κ3) is 2.22. The monoisotopic (exact) mass is 306 g/mol. The summed E-state index contributed by atoms with van der Waals surface area (Å²) in [5.74, 6) is 0.274. The molecular weight excluding hydrogens is 284 g/mol. The van der Waals surface area contributed by atoms with Crippen LogP contribution < -0.4 is 5.32 Å². The van der Waals surface area contributed by atoms with Crippen LogP contribution in [0.4, 0.5) is 0 Å². The van der Waals surface area contributed by atoms with Crippen LogP contribution in [-0.2, 0) is 9.53 Å². The van der Waals surface area contributed by atoms with Crippen LogP contribution in [0.3, 0.4) is 0 Å². The van der Waals surface area contributed by atoms with Crippen LogP contribution in [0.15, 0.2) is 17.5 Å². The number of nitrogens with zero attached hydrogens (tertiary/aromatic N) is 1. The Morgan fingerprint density at radius 1 is 1.48 bits per heavy atom. The normalized spacial score (nSPS) is 38.6. The van der Waals surface area contributed by atoms with Gasteiger partial charge in [-0.3, -0.25) is 10.1 Å². The summed E-state index contributed by atoms with van der Waals surface area (Å²) in [6.07, 6.45) is 5.90. The van der Waals surface area contributed by atoms with Crippen LogP contribution in [0.1, 0.15) is 50.1 Å². The summed E-state index contributed by atoms with van der Waals surface area (Å²) < 4.78 is 5.99. The van der Waals surface area contributed by atoms with E-state index in [1.165, 1.54) is 11.3 Å². The lowest BCUT2D eigenvalue weighted by Crippen LogP contribution is -2.45. The Hall–Kier alpha value is -0.910. The summed E-state index contributed by atoms with van der Waals surface area (Å²) in [4.78, 5) is 16.2. The highest BCUT2D eigenvalue weighted by Crippen LogP contribution is 2.42. The molecule has 3 fully saturated rings. The first-order valence-electron chi connectivity index (χ1n) is 8.05. The zero-order valence-corrected chi connectivity index (χ0v) is 13.1. The van der Waals surface area contributed by atoms with Crippen molar-refractivity contribution in [3.63, 3.8) is 0 Å². The molecule has 0 aromatic carbocycles. The van der Waals surface area contributed by atoms with E-state index < -0.39 is 0 Å². The van der Waals surface area contributed by atoms with E-state index in [2.05, 4.69) is 34.7 Å². The van der Waals surface area contributed by atoms with Crippen LogP contribution in [-0.4, -0.2) is 35.1 Å². The van der Waals surface area contributed by atoms with Gasteiger partial charge < -0.3 is 9.64 Å². The van der Waals surface area contributed by atoms with Crippen molar-refractivity contribution >= 4 is 17.2 Å². The highest BCUT2D eigenvalue weighted by molar-refractivity contribution is 7.10. The third-order valence-corrected chi connectivity index (χ3v) is 5.94. The van der Waals surface area contributed by atoms with Crippen LogP contribution in [0, 0.1) is 0 Å². The van der Waals surface area contributed by atoms with Crippen molar-refractivity contribution in [1.82, 2.24) is 10.2 Å². The molecule has 4 rings (SSSR count). The molecule has 4 nitrogen and oxygen atoms in total. The van der Waals surface area contributed by atoms with Crippen molar-refractivity contribution in [2.24, 2.45) is 0 Å². The van der Waals surface area contributed by atoms with Crippen LogP contribution in [0.25, 0.3) is 0 Å². The lowest BCUT2D eigenvalue weighted by Gasteiger charge is -2.33. The van der Waals surface area contributed by atoms with Gasteiger partial charge in [-0.25, -0.2) is 0 Å². The molecule has 5 heteroatoms. The van der Waals surface area contributed by atoms with E-state index in [9.17, 15) is 4.79 Å². The molecule has 5 atom stereocenters. The second-order valence-corrected chi connectivity index (χ2v) is 7.33. The van der Waals surface area contributed by atoms with Gasteiger partial charge in [0.25, 0.3) is 0 Å². The lowest BCUT2D eigenvalue weighted by molar-refractivity contribution is -0.133. The number of rotatable bonds is 4. The maximum atomic E-state index is 12.9. The molecule has 1 amide bonds. The van der Waals surface area contributed by atoms with Gasteiger partial charge in [0, 0.05) is 4.88 Å². The van der Waals surface area contributed by atoms with Crippen LogP contribution in [0.5, 0.6) is 0 Å². The summed E-state index contributed by atoms with van der Waals surface area (Å²) in [6.45, 7) is 2.14. The lowest BCUT2D eigenvalue weighted by atomic mass is 9.93. The molecular formula is C16H22N2O2S. The van der Waals surface area contributed by atoms with E-state index in [0.29, 0.717) is 6.10 Å². The molecule has 1 aromatic rings. The minimum atomic E-state index is -0.0266.